The second-order valence-corrected chi connectivity index (χ2v) is 3.79. The van der Waals surface area contributed by atoms with Gasteiger partial charge in [-0.05, 0) is 32.4 Å². The molecule has 1 aromatic carbocycles. The van der Waals surface area contributed by atoms with Crippen molar-refractivity contribution in [1.29, 1.82) is 0 Å². The highest BCUT2D eigenvalue weighted by molar-refractivity contribution is 5.40. The number of aryl methyl sites for hydroxylation is 2. The van der Waals surface area contributed by atoms with E-state index in [2.05, 4.69) is 5.10 Å². The van der Waals surface area contributed by atoms with E-state index in [0.29, 0.717) is 0 Å². The summed E-state index contributed by atoms with van der Waals surface area (Å²) in [5, 5.41) is 3.07. The molecule has 0 radical (unpaired) electrons. The van der Waals surface area contributed by atoms with E-state index in [4.69, 9.17) is 0 Å². The summed E-state index contributed by atoms with van der Waals surface area (Å²) in [6, 6.07) is 7.83. The molecule has 0 saturated carbocycles. The molecule has 0 bridgehead atoms. The van der Waals surface area contributed by atoms with Gasteiger partial charge in [-0.25, -0.2) is 4.68 Å². The molecular weight excluding hydrogens is 188 g/mol. The minimum Gasteiger partial charge on any atom is -0.295 e. The molecule has 0 amide bonds. The maximum absolute atomic E-state index is 11.9. The maximum Gasteiger partial charge on any atom is 0.274 e. The fourth-order valence-electron chi connectivity index (χ4n) is 1.61. The van der Waals surface area contributed by atoms with Crippen molar-refractivity contribution >= 4 is 0 Å². The maximum atomic E-state index is 11.9. The van der Waals surface area contributed by atoms with Crippen LogP contribution in [0.5, 0.6) is 0 Å². The Labute approximate surface area is 88.4 Å². The van der Waals surface area contributed by atoms with Gasteiger partial charge in [0.05, 0.1) is 5.69 Å². The summed E-state index contributed by atoms with van der Waals surface area (Å²) < 4.78 is 1.60. The van der Waals surface area contributed by atoms with Crippen LogP contribution in [0.15, 0.2) is 29.1 Å². The molecular formula is C12H14N2O. The quantitative estimate of drug-likeness (QED) is 0.755. The van der Waals surface area contributed by atoms with E-state index in [9.17, 15) is 4.79 Å². The predicted octanol–water partition coefficient (Wildman–Crippen LogP) is 2.09. The van der Waals surface area contributed by atoms with Gasteiger partial charge in [-0.3, -0.25) is 9.89 Å². The van der Waals surface area contributed by atoms with Crippen molar-refractivity contribution in [2.24, 2.45) is 0 Å². The number of aromatic amines is 1. The van der Waals surface area contributed by atoms with Gasteiger partial charge in [0.2, 0.25) is 0 Å². The monoisotopic (exact) mass is 202 g/mol. The molecule has 2 rings (SSSR count). The van der Waals surface area contributed by atoms with Crippen LogP contribution in [0, 0.1) is 20.8 Å². The predicted molar refractivity (Wildman–Crippen MR) is 60.6 cm³/mol. The summed E-state index contributed by atoms with van der Waals surface area (Å²) in [7, 11) is 0. The first-order valence-corrected chi connectivity index (χ1v) is 4.95. The number of rotatable bonds is 1. The lowest BCUT2D eigenvalue weighted by Gasteiger charge is -2.04. The lowest BCUT2D eigenvalue weighted by molar-refractivity contribution is 0.828. The van der Waals surface area contributed by atoms with E-state index >= 15 is 0 Å². The molecule has 78 valence electrons. The van der Waals surface area contributed by atoms with Crippen LogP contribution in [0.4, 0.5) is 0 Å². The molecule has 15 heavy (non-hydrogen) atoms. The van der Waals surface area contributed by atoms with Crippen molar-refractivity contribution in [3.8, 4) is 5.69 Å². The Morgan fingerprint density at radius 1 is 1.13 bits per heavy atom. The highest BCUT2D eigenvalue weighted by Gasteiger charge is 2.08. The normalized spacial score (nSPS) is 10.6. The molecule has 1 heterocycles. The Bertz CT molecular complexity index is 549. The van der Waals surface area contributed by atoms with Crippen LogP contribution in [-0.2, 0) is 0 Å². The Hall–Kier alpha value is -1.77. The fourth-order valence-corrected chi connectivity index (χ4v) is 1.61. The first-order chi connectivity index (χ1) is 7.11. The minimum absolute atomic E-state index is 0.0294. The van der Waals surface area contributed by atoms with Crippen LogP contribution in [-0.4, -0.2) is 9.78 Å². The molecule has 0 atom stereocenters. The second-order valence-electron chi connectivity index (χ2n) is 3.79. The molecule has 2 aromatic rings. The van der Waals surface area contributed by atoms with Gasteiger partial charge in [-0.15, -0.1) is 0 Å². The second kappa shape index (κ2) is 3.42. The van der Waals surface area contributed by atoms with E-state index in [-0.39, 0.29) is 5.56 Å². The van der Waals surface area contributed by atoms with Crippen LogP contribution in [0.2, 0.25) is 0 Å². The van der Waals surface area contributed by atoms with Gasteiger partial charge in [-0.2, -0.15) is 0 Å². The molecule has 1 aromatic heterocycles. The molecule has 0 saturated heterocycles. The van der Waals surface area contributed by atoms with Crippen LogP contribution in [0.25, 0.3) is 5.69 Å². The summed E-state index contributed by atoms with van der Waals surface area (Å²) in [5.41, 5.74) is 3.72. The van der Waals surface area contributed by atoms with Crippen molar-refractivity contribution < 1.29 is 0 Å². The van der Waals surface area contributed by atoms with Crippen LogP contribution in [0.3, 0.4) is 0 Å². The Kier molecular flexibility index (Phi) is 2.23. The first-order valence-electron chi connectivity index (χ1n) is 4.95. The number of hydrogen-bond acceptors (Lipinski definition) is 1. The summed E-state index contributed by atoms with van der Waals surface area (Å²) >= 11 is 0. The zero-order chi connectivity index (χ0) is 11.0. The van der Waals surface area contributed by atoms with Gasteiger partial charge in [-0.1, -0.05) is 18.2 Å². The summed E-state index contributed by atoms with van der Waals surface area (Å²) in [6.45, 7) is 5.74. The number of benzene rings is 1. The Morgan fingerprint density at radius 3 is 2.33 bits per heavy atom. The van der Waals surface area contributed by atoms with Gasteiger partial charge in [0.1, 0.15) is 0 Å². The number of para-hydroxylation sites is 1. The van der Waals surface area contributed by atoms with Gasteiger partial charge >= 0.3 is 0 Å². The molecule has 0 aliphatic rings. The summed E-state index contributed by atoms with van der Waals surface area (Å²) in [4.78, 5) is 11.9. The number of aromatic nitrogens is 2. The van der Waals surface area contributed by atoms with Gasteiger partial charge in [0, 0.05) is 11.3 Å². The summed E-state index contributed by atoms with van der Waals surface area (Å²) in [5.74, 6) is 0. The average Bonchev–Trinajstić information content (AvgIpc) is 2.47. The van der Waals surface area contributed by atoms with Crippen molar-refractivity contribution in [2.75, 3.05) is 0 Å². The summed E-state index contributed by atoms with van der Waals surface area (Å²) in [6.07, 6.45) is 0. The topological polar surface area (TPSA) is 37.8 Å². The molecule has 0 spiro atoms. The first kappa shape index (κ1) is 9.77. The molecule has 0 aliphatic carbocycles. The van der Waals surface area contributed by atoms with Gasteiger partial charge in [0.15, 0.2) is 0 Å². The van der Waals surface area contributed by atoms with Crippen LogP contribution < -0.4 is 5.56 Å². The number of H-pyrrole nitrogens is 1. The van der Waals surface area contributed by atoms with Gasteiger partial charge < -0.3 is 0 Å². The average molecular weight is 202 g/mol. The van der Waals surface area contributed by atoms with E-state index < -0.39 is 0 Å². The third kappa shape index (κ3) is 1.50. The van der Waals surface area contributed by atoms with E-state index in [1.54, 1.807) is 4.68 Å². The Balaban J connectivity index is 2.70. The zero-order valence-corrected chi connectivity index (χ0v) is 9.16. The molecule has 0 unspecified atom stereocenters. The van der Waals surface area contributed by atoms with Crippen LogP contribution in [0.1, 0.15) is 16.8 Å². The molecule has 3 nitrogen and oxygen atoms in total. The zero-order valence-electron chi connectivity index (χ0n) is 9.16. The fraction of sp³-hybridized carbons (Fsp3) is 0.250. The third-order valence-corrected chi connectivity index (χ3v) is 2.72. The van der Waals surface area contributed by atoms with Crippen molar-refractivity contribution in [3.05, 3.63) is 51.4 Å². The lowest BCUT2D eigenvalue weighted by Crippen LogP contribution is -2.16. The molecule has 0 fully saturated rings. The SMILES string of the molecule is Cc1ccccc1-n1[nH]c(C)c(C)c1=O. The standard InChI is InChI=1S/C12H14N2O/c1-8-6-4-5-7-11(8)14-12(15)9(2)10(3)13-14/h4-7,13H,1-3H3. The van der Waals surface area contributed by atoms with Crippen molar-refractivity contribution in [3.63, 3.8) is 0 Å². The lowest BCUT2D eigenvalue weighted by atomic mass is 10.2. The third-order valence-electron chi connectivity index (χ3n) is 2.72. The largest absolute Gasteiger partial charge is 0.295 e. The van der Waals surface area contributed by atoms with Crippen molar-refractivity contribution in [2.45, 2.75) is 20.8 Å². The van der Waals surface area contributed by atoms with Gasteiger partial charge in [0.25, 0.3) is 5.56 Å². The number of nitrogens with zero attached hydrogens (tertiary/aromatic N) is 1. The van der Waals surface area contributed by atoms with E-state index in [0.717, 1.165) is 22.5 Å². The van der Waals surface area contributed by atoms with E-state index in [1.807, 2.05) is 45.0 Å². The molecule has 1 N–H and O–H groups in total. The van der Waals surface area contributed by atoms with E-state index in [1.165, 1.54) is 0 Å². The van der Waals surface area contributed by atoms with Crippen LogP contribution >= 0.6 is 0 Å². The molecule has 0 aliphatic heterocycles. The Morgan fingerprint density at radius 2 is 1.80 bits per heavy atom. The number of hydrogen-bond donors (Lipinski definition) is 1. The minimum atomic E-state index is 0.0294. The highest BCUT2D eigenvalue weighted by Crippen LogP contribution is 2.11. The molecule has 3 heteroatoms. The smallest absolute Gasteiger partial charge is 0.274 e. The van der Waals surface area contributed by atoms with Crippen molar-refractivity contribution in [1.82, 2.24) is 9.78 Å². The highest BCUT2D eigenvalue weighted by atomic mass is 16.1. The number of nitrogens with one attached hydrogen (secondary N) is 1.